The van der Waals surface area contributed by atoms with E-state index in [0.29, 0.717) is 29.8 Å². The summed E-state index contributed by atoms with van der Waals surface area (Å²) in [5, 5.41) is 3.20. The van der Waals surface area contributed by atoms with Gasteiger partial charge in [-0.05, 0) is 48.7 Å². The Hall–Kier alpha value is -3.13. The molecule has 8 nitrogen and oxygen atoms in total. The van der Waals surface area contributed by atoms with E-state index in [9.17, 15) is 9.59 Å². The normalized spacial score (nSPS) is 10.4. The van der Waals surface area contributed by atoms with Crippen molar-refractivity contribution in [2.45, 2.75) is 20.3 Å². The van der Waals surface area contributed by atoms with E-state index in [-0.39, 0.29) is 17.1 Å². The molecule has 0 aliphatic carbocycles. The number of benzene rings is 2. The third kappa shape index (κ3) is 7.57. The summed E-state index contributed by atoms with van der Waals surface area (Å²) in [6.45, 7) is 4.64. The number of hydrogen-bond donors (Lipinski definition) is 3. The molecule has 0 heterocycles. The number of amides is 2. The Balaban J connectivity index is 1.90. The molecule has 0 atom stereocenters. The van der Waals surface area contributed by atoms with E-state index >= 15 is 0 Å². The second-order valence-corrected chi connectivity index (χ2v) is 7.51. The average molecular weight is 450 g/mol. The fourth-order valence-electron chi connectivity index (χ4n) is 2.52. The molecule has 2 rings (SSSR count). The van der Waals surface area contributed by atoms with Gasteiger partial charge in [-0.1, -0.05) is 25.4 Å². The fraction of sp³-hybridized carbons (Fsp3) is 0.364. The molecule has 3 N–H and O–H groups in total. The highest BCUT2D eigenvalue weighted by Gasteiger charge is 2.16. The first kappa shape index (κ1) is 24.1. The molecule has 2 aromatic rings. The minimum Gasteiger partial charge on any atom is -0.497 e. The van der Waals surface area contributed by atoms with E-state index in [1.54, 1.807) is 31.4 Å². The molecular weight excluding hydrogens is 422 g/mol. The summed E-state index contributed by atoms with van der Waals surface area (Å²) in [5.41, 5.74) is 5.67. The van der Waals surface area contributed by atoms with Gasteiger partial charge in [0.1, 0.15) is 5.75 Å². The minimum absolute atomic E-state index is 0.0285. The van der Waals surface area contributed by atoms with Crippen molar-refractivity contribution in [1.29, 1.82) is 0 Å². The molecule has 0 fully saturated rings. The standard InChI is InChI=1S/C22H28ClN3O5/c1-14(2)9-10-31-21-18(23)11-15(12-19(21)30-4)22(28)26-25-20(27)13-24-16-5-7-17(29-3)8-6-16/h5-8,11-12,14,24H,9-10,13H2,1-4H3,(H,25,27)(H,26,28). The van der Waals surface area contributed by atoms with Crippen LogP contribution in [0.3, 0.4) is 0 Å². The molecule has 31 heavy (non-hydrogen) atoms. The summed E-state index contributed by atoms with van der Waals surface area (Å²) in [7, 11) is 3.05. The molecule has 168 valence electrons. The lowest BCUT2D eigenvalue weighted by molar-refractivity contribution is -0.120. The number of methoxy groups -OCH3 is 2. The first-order valence-corrected chi connectivity index (χ1v) is 10.2. The zero-order valence-electron chi connectivity index (χ0n) is 18.1. The molecule has 9 heteroatoms. The summed E-state index contributed by atoms with van der Waals surface area (Å²) in [6.07, 6.45) is 0.859. The van der Waals surface area contributed by atoms with E-state index in [0.717, 1.165) is 12.1 Å². The second-order valence-electron chi connectivity index (χ2n) is 7.10. The van der Waals surface area contributed by atoms with Gasteiger partial charge in [-0.15, -0.1) is 0 Å². The van der Waals surface area contributed by atoms with Crippen LogP contribution in [0.5, 0.6) is 17.2 Å². The van der Waals surface area contributed by atoms with Crippen molar-refractivity contribution in [1.82, 2.24) is 10.9 Å². The highest BCUT2D eigenvalue weighted by Crippen LogP contribution is 2.36. The van der Waals surface area contributed by atoms with E-state index in [2.05, 4.69) is 30.0 Å². The van der Waals surface area contributed by atoms with Crippen molar-refractivity contribution in [3.8, 4) is 17.2 Å². The maximum Gasteiger partial charge on any atom is 0.269 e. The Morgan fingerprint density at radius 2 is 1.74 bits per heavy atom. The van der Waals surface area contributed by atoms with Gasteiger partial charge in [-0.2, -0.15) is 0 Å². The van der Waals surface area contributed by atoms with Crippen LogP contribution < -0.4 is 30.4 Å². The smallest absolute Gasteiger partial charge is 0.269 e. The summed E-state index contributed by atoms with van der Waals surface area (Å²) in [4.78, 5) is 24.4. The number of anilines is 1. The topological polar surface area (TPSA) is 97.9 Å². The van der Waals surface area contributed by atoms with Gasteiger partial charge in [-0.3, -0.25) is 20.4 Å². The van der Waals surface area contributed by atoms with Crippen molar-refractivity contribution in [2.75, 3.05) is 32.7 Å². The average Bonchev–Trinajstić information content (AvgIpc) is 2.76. The predicted octanol–water partition coefficient (Wildman–Crippen LogP) is 3.66. The quantitative estimate of drug-likeness (QED) is 0.479. The Morgan fingerprint density at radius 1 is 1.03 bits per heavy atom. The molecule has 2 amide bonds. The van der Waals surface area contributed by atoms with Gasteiger partial charge in [0.2, 0.25) is 0 Å². The molecule has 0 saturated carbocycles. The fourth-order valence-corrected chi connectivity index (χ4v) is 2.79. The zero-order valence-corrected chi connectivity index (χ0v) is 18.8. The molecule has 0 unspecified atom stereocenters. The van der Waals surface area contributed by atoms with Crippen LogP contribution in [-0.2, 0) is 4.79 Å². The lowest BCUT2D eigenvalue weighted by Crippen LogP contribution is -2.44. The van der Waals surface area contributed by atoms with E-state index in [4.69, 9.17) is 25.8 Å². The van der Waals surface area contributed by atoms with Crippen LogP contribution in [0.1, 0.15) is 30.6 Å². The van der Waals surface area contributed by atoms with Crippen LogP contribution in [0.2, 0.25) is 5.02 Å². The molecule has 0 aliphatic heterocycles. The van der Waals surface area contributed by atoms with Crippen LogP contribution in [0.25, 0.3) is 0 Å². The van der Waals surface area contributed by atoms with Gasteiger partial charge in [0.15, 0.2) is 11.5 Å². The number of nitrogens with one attached hydrogen (secondary N) is 3. The highest BCUT2D eigenvalue weighted by atomic mass is 35.5. The first-order chi connectivity index (χ1) is 14.8. The number of hydrogen-bond acceptors (Lipinski definition) is 6. The summed E-state index contributed by atoms with van der Waals surface area (Å²) in [5.74, 6) is 0.968. The first-order valence-electron chi connectivity index (χ1n) is 9.81. The Bertz CT molecular complexity index is 887. The third-order valence-corrected chi connectivity index (χ3v) is 4.57. The lowest BCUT2D eigenvalue weighted by atomic mass is 10.1. The lowest BCUT2D eigenvalue weighted by Gasteiger charge is -2.15. The minimum atomic E-state index is -0.535. The Morgan fingerprint density at radius 3 is 2.35 bits per heavy atom. The number of carbonyl (C=O) groups excluding carboxylic acids is 2. The van der Waals surface area contributed by atoms with Gasteiger partial charge in [0.05, 0.1) is 32.4 Å². The van der Waals surface area contributed by atoms with Crippen molar-refractivity contribution < 1.29 is 23.8 Å². The van der Waals surface area contributed by atoms with Gasteiger partial charge >= 0.3 is 0 Å². The monoisotopic (exact) mass is 449 g/mol. The molecule has 0 spiro atoms. The Labute approximate surface area is 187 Å². The number of halogens is 1. The number of carbonyl (C=O) groups is 2. The predicted molar refractivity (Wildman–Crippen MR) is 120 cm³/mol. The van der Waals surface area contributed by atoms with E-state index < -0.39 is 11.8 Å². The van der Waals surface area contributed by atoms with Crippen molar-refractivity contribution in [3.63, 3.8) is 0 Å². The highest BCUT2D eigenvalue weighted by molar-refractivity contribution is 6.32. The summed E-state index contributed by atoms with van der Waals surface area (Å²) >= 11 is 6.28. The summed E-state index contributed by atoms with van der Waals surface area (Å²) in [6, 6.07) is 10.1. The van der Waals surface area contributed by atoms with Crippen molar-refractivity contribution >= 4 is 29.1 Å². The number of rotatable bonds is 10. The van der Waals surface area contributed by atoms with Gasteiger partial charge in [0, 0.05) is 11.3 Å². The van der Waals surface area contributed by atoms with Crippen molar-refractivity contribution in [3.05, 3.63) is 47.0 Å². The van der Waals surface area contributed by atoms with E-state index in [1.807, 2.05) is 0 Å². The molecule has 0 bridgehead atoms. The Kier molecular flexibility index (Phi) is 9.27. The van der Waals surface area contributed by atoms with Gasteiger partial charge in [-0.25, -0.2) is 0 Å². The second kappa shape index (κ2) is 11.9. The third-order valence-electron chi connectivity index (χ3n) is 4.29. The van der Waals surface area contributed by atoms with Crippen LogP contribution >= 0.6 is 11.6 Å². The van der Waals surface area contributed by atoms with Gasteiger partial charge in [0.25, 0.3) is 11.8 Å². The SMILES string of the molecule is COc1ccc(NCC(=O)NNC(=O)c2cc(Cl)c(OCCC(C)C)c(OC)c2)cc1. The zero-order chi connectivity index (χ0) is 22.8. The molecule has 0 aliphatic rings. The largest absolute Gasteiger partial charge is 0.497 e. The summed E-state index contributed by atoms with van der Waals surface area (Å²) < 4.78 is 16.1. The molecular formula is C22H28ClN3O5. The van der Waals surface area contributed by atoms with Crippen LogP contribution in [0.15, 0.2) is 36.4 Å². The van der Waals surface area contributed by atoms with Gasteiger partial charge < -0.3 is 19.5 Å². The number of ether oxygens (including phenoxy) is 3. The maximum absolute atomic E-state index is 12.4. The van der Waals surface area contributed by atoms with Crippen molar-refractivity contribution in [2.24, 2.45) is 5.92 Å². The molecule has 0 radical (unpaired) electrons. The molecule has 0 saturated heterocycles. The molecule has 2 aromatic carbocycles. The number of hydrazine groups is 1. The van der Waals surface area contributed by atoms with E-state index in [1.165, 1.54) is 19.2 Å². The van der Waals surface area contributed by atoms with Crippen LogP contribution in [0, 0.1) is 5.92 Å². The van der Waals surface area contributed by atoms with Crippen LogP contribution in [-0.4, -0.2) is 39.2 Å². The maximum atomic E-state index is 12.4. The van der Waals surface area contributed by atoms with Crippen LogP contribution in [0.4, 0.5) is 5.69 Å². The molecule has 0 aromatic heterocycles.